The number of aromatic amines is 1. The summed E-state index contributed by atoms with van der Waals surface area (Å²) in [6.07, 6.45) is 1.30. The highest BCUT2D eigenvalue weighted by atomic mass is 127. The van der Waals surface area contributed by atoms with E-state index < -0.39 is 41.6 Å². The van der Waals surface area contributed by atoms with Crippen molar-refractivity contribution in [2.75, 3.05) is 13.2 Å². The molecular weight excluding hydrogens is 633 g/mol. The van der Waals surface area contributed by atoms with Crippen molar-refractivity contribution in [1.29, 1.82) is 0 Å². The van der Waals surface area contributed by atoms with E-state index >= 15 is 0 Å². The number of imidazole rings is 1. The van der Waals surface area contributed by atoms with Crippen LogP contribution in [0.2, 0.25) is 0 Å². The highest BCUT2D eigenvalue weighted by molar-refractivity contribution is 14.1. The number of urea groups is 1. The van der Waals surface area contributed by atoms with E-state index in [1.165, 1.54) is 18.3 Å². The molecule has 1 saturated heterocycles. The molecule has 1 aromatic heterocycles. The first-order valence-corrected chi connectivity index (χ1v) is 13.6. The number of benzene rings is 3. The zero-order valence-electron chi connectivity index (χ0n) is 21.3. The Morgan fingerprint density at radius 3 is 2.40 bits per heavy atom. The van der Waals surface area contributed by atoms with Crippen LogP contribution in [-0.4, -0.2) is 45.1 Å². The molecule has 1 aliphatic rings. The largest absolute Gasteiger partial charge is 0.491 e. The zero-order chi connectivity index (χ0) is 28.4. The molecule has 1 aliphatic heterocycles. The van der Waals surface area contributed by atoms with Gasteiger partial charge in [-0.05, 0) is 58.0 Å². The van der Waals surface area contributed by atoms with Gasteiger partial charge in [-0.25, -0.2) is 18.6 Å². The van der Waals surface area contributed by atoms with Gasteiger partial charge in [0.1, 0.15) is 41.9 Å². The first-order chi connectivity index (χ1) is 19.3. The Hall–Kier alpha value is -3.84. The van der Waals surface area contributed by atoms with Crippen molar-refractivity contribution < 1.29 is 28.2 Å². The molecule has 0 spiro atoms. The van der Waals surface area contributed by atoms with E-state index in [0.717, 1.165) is 10.5 Å². The van der Waals surface area contributed by atoms with Crippen LogP contribution >= 0.6 is 22.6 Å². The molecule has 206 valence electrons. The van der Waals surface area contributed by atoms with E-state index in [-0.39, 0.29) is 30.3 Å². The molecule has 1 unspecified atom stereocenters. The number of hydrogen-bond donors (Lipinski definition) is 3. The lowest BCUT2D eigenvalue weighted by Gasteiger charge is -2.29. The number of carbonyl (C=O) groups is 2. The standard InChI is InChI=1S/C29H25F2IN4O4/c1-16(17-5-3-2-4-6-17)26(27-33-15-23(34-27)24-21(30)13-19(32)14-22(24)31)36-28(38)25(35-29(36)39)18-7-9-20(10-8-18)40-12-11-37/h2-10,13-16,25-26,37H,11-12H2,1H3,(H,33,34)(H,35,39)/t16-,25+,26?/m0/s1. The molecule has 40 heavy (non-hydrogen) atoms. The van der Waals surface area contributed by atoms with E-state index in [2.05, 4.69) is 15.3 Å². The smallest absolute Gasteiger partial charge is 0.325 e. The average Bonchev–Trinajstić information content (AvgIpc) is 3.53. The van der Waals surface area contributed by atoms with Crippen LogP contribution in [0, 0.1) is 15.2 Å². The fourth-order valence-corrected chi connectivity index (χ4v) is 5.39. The SMILES string of the molecule is C[C@@H](c1ccccc1)C(c1ncc(-c2c(F)cc(I)cc2F)[nH]1)N1C(=O)N[C@H](c2ccc(OCCO)cc2)C1=O. The number of carbonyl (C=O) groups excluding carboxylic acids is 2. The van der Waals surface area contributed by atoms with Gasteiger partial charge in [-0.15, -0.1) is 0 Å². The summed E-state index contributed by atoms with van der Waals surface area (Å²) in [5.74, 6) is -1.70. The lowest BCUT2D eigenvalue weighted by atomic mass is 9.91. The molecule has 0 radical (unpaired) electrons. The number of nitrogens with zero attached hydrogens (tertiary/aromatic N) is 2. The number of aliphatic hydroxyl groups excluding tert-OH is 1. The summed E-state index contributed by atoms with van der Waals surface area (Å²) in [6.45, 7) is 1.86. The molecule has 1 fully saturated rings. The molecule has 11 heteroatoms. The van der Waals surface area contributed by atoms with Gasteiger partial charge in [0.2, 0.25) is 0 Å². The minimum absolute atomic E-state index is 0.0914. The van der Waals surface area contributed by atoms with Crippen LogP contribution in [0.1, 0.15) is 41.9 Å². The van der Waals surface area contributed by atoms with E-state index in [4.69, 9.17) is 9.84 Å². The molecule has 5 rings (SSSR count). The molecule has 3 atom stereocenters. The molecule has 3 N–H and O–H groups in total. The van der Waals surface area contributed by atoms with Gasteiger partial charge in [-0.3, -0.25) is 9.69 Å². The minimum atomic E-state index is -0.953. The highest BCUT2D eigenvalue weighted by Crippen LogP contribution is 2.39. The average molecular weight is 658 g/mol. The molecule has 3 aromatic carbocycles. The quantitative estimate of drug-likeness (QED) is 0.164. The first-order valence-electron chi connectivity index (χ1n) is 12.5. The maximum Gasteiger partial charge on any atom is 0.325 e. The summed E-state index contributed by atoms with van der Waals surface area (Å²) >= 11 is 1.83. The van der Waals surface area contributed by atoms with E-state index in [0.29, 0.717) is 14.9 Å². The number of hydrogen-bond acceptors (Lipinski definition) is 5. The Balaban J connectivity index is 1.52. The molecule has 2 heterocycles. The number of amides is 3. The minimum Gasteiger partial charge on any atom is -0.491 e. The number of H-pyrrole nitrogens is 1. The van der Waals surface area contributed by atoms with Crippen LogP contribution in [0.4, 0.5) is 13.6 Å². The number of aromatic nitrogens is 2. The zero-order valence-corrected chi connectivity index (χ0v) is 23.4. The van der Waals surface area contributed by atoms with Crippen molar-refractivity contribution in [3.8, 4) is 17.0 Å². The van der Waals surface area contributed by atoms with Gasteiger partial charge in [-0.1, -0.05) is 49.4 Å². The number of nitrogens with one attached hydrogen (secondary N) is 2. The number of rotatable bonds is 9. The van der Waals surface area contributed by atoms with Crippen molar-refractivity contribution in [1.82, 2.24) is 20.2 Å². The summed E-state index contributed by atoms with van der Waals surface area (Å²) in [5.41, 5.74) is 1.20. The van der Waals surface area contributed by atoms with Gasteiger partial charge in [-0.2, -0.15) is 0 Å². The van der Waals surface area contributed by atoms with Crippen LogP contribution in [0.15, 0.2) is 72.9 Å². The Labute approximate surface area is 242 Å². The Bertz CT molecular complexity index is 1510. The fourth-order valence-electron chi connectivity index (χ4n) is 4.84. The van der Waals surface area contributed by atoms with Crippen molar-refractivity contribution in [3.63, 3.8) is 0 Å². The number of imide groups is 1. The van der Waals surface area contributed by atoms with Gasteiger partial charge < -0.3 is 20.1 Å². The van der Waals surface area contributed by atoms with E-state index in [1.807, 2.05) is 59.8 Å². The summed E-state index contributed by atoms with van der Waals surface area (Å²) in [6, 6.07) is 15.9. The third-order valence-corrected chi connectivity index (χ3v) is 7.40. The molecule has 4 aromatic rings. The maximum atomic E-state index is 14.7. The molecule has 0 saturated carbocycles. The van der Waals surface area contributed by atoms with Crippen LogP contribution in [0.25, 0.3) is 11.3 Å². The molecule has 0 aliphatic carbocycles. The molecule has 8 nitrogen and oxygen atoms in total. The fraction of sp³-hybridized carbons (Fsp3) is 0.207. The third kappa shape index (κ3) is 5.43. The second-order valence-electron chi connectivity index (χ2n) is 9.30. The summed E-state index contributed by atoms with van der Waals surface area (Å²) in [4.78, 5) is 35.6. The topological polar surface area (TPSA) is 108 Å². The van der Waals surface area contributed by atoms with E-state index in [1.54, 1.807) is 24.3 Å². The third-order valence-electron chi connectivity index (χ3n) is 6.77. The second kappa shape index (κ2) is 11.7. The Kier molecular flexibility index (Phi) is 8.12. The lowest BCUT2D eigenvalue weighted by molar-refractivity contribution is -0.129. The monoisotopic (exact) mass is 658 g/mol. The van der Waals surface area contributed by atoms with Crippen molar-refractivity contribution in [3.05, 3.63) is 105 Å². The van der Waals surface area contributed by atoms with Crippen molar-refractivity contribution >= 4 is 34.5 Å². The van der Waals surface area contributed by atoms with Gasteiger partial charge >= 0.3 is 6.03 Å². The Morgan fingerprint density at radius 1 is 1.07 bits per heavy atom. The summed E-state index contributed by atoms with van der Waals surface area (Å²) in [5, 5.41) is 11.7. The van der Waals surface area contributed by atoms with Crippen molar-refractivity contribution in [2.24, 2.45) is 0 Å². The first kappa shape index (κ1) is 27.7. The second-order valence-corrected chi connectivity index (χ2v) is 10.5. The number of aliphatic hydroxyl groups is 1. The molecule has 0 bridgehead atoms. The normalized spacial score (nSPS) is 16.6. The van der Waals surface area contributed by atoms with Crippen LogP contribution < -0.4 is 10.1 Å². The van der Waals surface area contributed by atoms with Gasteiger partial charge in [0.15, 0.2) is 0 Å². The van der Waals surface area contributed by atoms with Crippen molar-refractivity contribution in [2.45, 2.75) is 24.9 Å². The molecule has 3 amide bonds. The lowest BCUT2D eigenvalue weighted by Crippen LogP contribution is -2.38. The molecular formula is C29H25F2IN4O4. The van der Waals surface area contributed by atoms with Gasteiger partial charge in [0.05, 0.1) is 24.1 Å². The van der Waals surface area contributed by atoms with Crippen LogP contribution in [0.3, 0.4) is 0 Å². The van der Waals surface area contributed by atoms with Gasteiger partial charge in [0.25, 0.3) is 5.91 Å². The summed E-state index contributed by atoms with van der Waals surface area (Å²) < 4.78 is 35.3. The van der Waals surface area contributed by atoms with E-state index in [9.17, 15) is 18.4 Å². The highest BCUT2D eigenvalue weighted by Gasteiger charge is 2.46. The summed E-state index contributed by atoms with van der Waals surface area (Å²) in [7, 11) is 0. The number of halogens is 3. The predicted molar refractivity (Wildman–Crippen MR) is 151 cm³/mol. The number of ether oxygens (including phenoxy) is 1. The van der Waals surface area contributed by atoms with Crippen LogP contribution in [-0.2, 0) is 4.79 Å². The Morgan fingerprint density at radius 2 is 1.75 bits per heavy atom. The predicted octanol–water partition coefficient (Wildman–Crippen LogP) is 5.47. The van der Waals surface area contributed by atoms with Gasteiger partial charge in [0, 0.05) is 9.49 Å². The maximum absolute atomic E-state index is 14.7. The van der Waals surface area contributed by atoms with Crippen LogP contribution in [0.5, 0.6) is 5.75 Å².